The van der Waals surface area contributed by atoms with E-state index in [9.17, 15) is 0 Å². The topological polar surface area (TPSA) is 0 Å². The smallest absolute Gasteiger partial charge is 0.0243 e. The third kappa shape index (κ3) is 2.34. The van der Waals surface area contributed by atoms with Crippen molar-refractivity contribution in [3.05, 3.63) is 0 Å². The maximum Gasteiger partial charge on any atom is -0.0243 e. The predicted octanol–water partition coefficient (Wildman–Crippen LogP) is 8.01. The van der Waals surface area contributed by atoms with Gasteiger partial charge in [-0.05, 0) is 166 Å². The van der Waals surface area contributed by atoms with Crippen LogP contribution in [-0.4, -0.2) is 0 Å². The van der Waals surface area contributed by atoms with Crippen molar-refractivity contribution in [2.24, 2.45) is 63.6 Å². The summed E-state index contributed by atoms with van der Waals surface area (Å²) in [5.41, 5.74) is 2.43. The highest BCUT2D eigenvalue weighted by Crippen LogP contribution is 2.77. The highest BCUT2D eigenvalue weighted by Gasteiger charge is 2.68. The lowest BCUT2D eigenvalue weighted by Gasteiger charge is -2.71. The molecule has 10 saturated carbocycles. The molecule has 0 spiro atoms. The van der Waals surface area contributed by atoms with Crippen LogP contribution in [0.25, 0.3) is 0 Å². The fourth-order valence-electron chi connectivity index (χ4n) is 13.9. The van der Waals surface area contributed by atoms with Gasteiger partial charge in [-0.25, -0.2) is 0 Å². The molecule has 0 aliphatic heterocycles. The van der Waals surface area contributed by atoms with E-state index >= 15 is 0 Å². The third-order valence-corrected chi connectivity index (χ3v) is 13.0. The van der Waals surface area contributed by atoms with Gasteiger partial charge in [0.2, 0.25) is 0 Å². The second kappa shape index (κ2) is 5.67. The summed E-state index contributed by atoms with van der Waals surface area (Å²) in [6, 6.07) is 0. The second-order valence-corrected chi connectivity index (χ2v) is 14.9. The van der Waals surface area contributed by atoms with Crippen LogP contribution in [-0.2, 0) is 0 Å². The number of hydrogen-bond donors (Lipinski definition) is 0. The van der Waals surface area contributed by atoms with Gasteiger partial charge < -0.3 is 0 Å². The van der Waals surface area contributed by atoms with Crippen molar-refractivity contribution in [3.63, 3.8) is 0 Å². The zero-order valence-corrected chi connectivity index (χ0v) is 18.8. The second-order valence-electron chi connectivity index (χ2n) is 14.9. The van der Waals surface area contributed by atoms with E-state index in [2.05, 4.69) is 0 Å². The fraction of sp³-hybridized carbons (Fsp3) is 1.00. The summed E-state index contributed by atoms with van der Waals surface area (Å²) >= 11 is 0. The highest BCUT2D eigenvalue weighted by atomic mass is 14.7. The molecule has 0 aromatic rings. The summed E-state index contributed by atoms with van der Waals surface area (Å²) in [5, 5.41) is 0. The average molecular weight is 393 g/mol. The van der Waals surface area contributed by atoms with E-state index in [4.69, 9.17) is 0 Å². The van der Waals surface area contributed by atoms with Gasteiger partial charge in [-0.1, -0.05) is 12.8 Å². The number of rotatable bonds is 3. The van der Waals surface area contributed by atoms with Crippen molar-refractivity contribution in [1.82, 2.24) is 0 Å². The Morgan fingerprint density at radius 3 is 1.28 bits per heavy atom. The first-order valence-corrected chi connectivity index (χ1v) is 14.1. The maximum atomic E-state index is 1.69. The summed E-state index contributed by atoms with van der Waals surface area (Å²) < 4.78 is 0. The number of fused-ring (bicyclic) bond motifs is 2. The molecular formula is C29H44. The van der Waals surface area contributed by atoms with Gasteiger partial charge in [-0.2, -0.15) is 0 Å². The molecular weight excluding hydrogens is 348 g/mol. The van der Waals surface area contributed by atoms with Crippen LogP contribution in [0.5, 0.6) is 0 Å². The molecule has 0 heterocycles. The minimum absolute atomic E-state index is 0.806. The SMILES string of the molecule is C1C[C@H]2CC[C@@](C(C34CC5CC(CC(C5)C3)C4)C34CC5CC(CC(C5)C3)C4)(C1)C2. The molecule has 0 N–H and O–H groups in total. The molecule has 0 aromatic heterocycles. The average Bonchev–Trinajstić information content (AvgIpc) is 2.92. The van der Waals surface area contributed by atoms with Crippen molar-refractivity contribution >= 4 is 0 Å². The molecule has 10 aliphatic rings. The molecule has 10 rings (SSSR count). The highest BCUT2D eigenvalue weighted by molar-refractivity contribution is 5.17. The molecule has 0 unspecified atom stereocenters. The van der Waals surface area contributed by atoms with E-state index in [0.717, 1.165) is 63.6 Å². The molecule has 29 heavy (non-hydrogen) atoms. The standard InChI is InChI=1S/C29H44/c1-2-19-3-5-27(4-1,12-19)26(28-13-20-6-21(14-28)8-22(7-20)15-28)29-16-23-9-24(17-29)11-25(10-23)18-29/h19-26H,1-18H2/t19-,20?,21?,22?,23?,24?,25?,26?,27-,28?,29?/m0/s1. The largest absolute Gasteiger partial charge is 0.0525 e. The Balaban J connectivity index is 1.28. The van der Waals surface area contributed by atoms with Crippen molar-refractivity contribution < 1.29 is 0 Å². The Morgan fingerprint density at radius 2 is 0.828 bits per heavy atom. The molecule has 160 valence electrons. The summed E-state index contributed by atoms with van der Waals surface area (Å²) in [6.07, 6.45) is 29.8. The summed E-state index contributed by atoms with van der Waals surface area (Å²) in [4.78, 5) is 0. The Labute approximate surface area is 179 Å². The van der Waals surface area contributed by atoms with Crippen molar-refractivity contribution in [2.75, 3.05) is 0 Å². The predicted molar refractivity (Wildman–Crippen MR) is 118 cm³/mol. The van der Waals surface area contributed by atoms with E-state index in [-0.39, 0.29) is 0 Å². The third-order valence-electron chi connectivity index (χ3n) is 13.0. The minimum Gasteiger partial charge on any atom is -0.0525 e. The van der Waals surface area contributed by atoms with Crippen LogP contribution in [0.4, 0.5) is 0 Å². The summed E-state index contributed by atoms with van der Waals surface area (Å²) in [5.74, 6) is 9.18. The Hall–Kier alpha value is 0. The van der Waals surface area contributed by atoms with Crippen molar-refractivity contribution in [2.45, 2.75) is 116 Å². The minimum atomic E-state index is 0.806. The van der Waals surface area contributed by atoms with E-state index in [1.54, 1.807) is 116 Å². The van der Waals surface area contributed by atoms with Gasteiger partial charge in [0.25, 0.3) is 0 Å². The van der Waals surface area contributed by atoms with E-state index in [1.165, 1.54) is 0 Å². The van der Waals surface area contributed by atoms with E-state index in [1.807, 2.05) is 0 Å². The maximum absolute atomic E-state index is 1.69. The molecule has 10 fully saturated rings. The zero-order valence-electron chi connectivity index (χ0n) is 18.8. The van der Waals surface area contributed by atoms with Gasteiger partial charge in [0.15, 0.2) is 0 Å². The monoisotopic (exact) mass is 392 g/mol. The van der Waals surface area contributed by atoms with Crippen molar-refractivity contribution in [3.8, 4) is 0 Å². The van der Waals surface area contributed by atoms with E-state index in [0.29, 0.717) is 0 Å². The molecule has 0 nitrogen and oxygen atoms in total. The summed E-state index contributed by atoms with van der Waals surface area (Å²) in [6.45, 7) is 0. The quantitative estimate of drug-likeness (QED) is 0.456. The van der Waals surface area contributed by atoms with E-state index < -0.39 is 0 Å². The van der Waals surface area contributed by atoms with Gasteiger partial charge in [0.1, 0.15) is 0 Å². The first-order valence-electron chi connectivity index (χ1n) is 14.1. The Morgan fingerprint density at radius 1 is 0.414 bits per heavy atom. The fourth-order valence-corrected chi connectivity index (χ4v) is 13.9. The first-order chi connectivity index (χ1) is 14.1. The molecule has 10 aliphatic carbocycles. The van der Waals surface area contributed by atoms with Gasteiger partial charge in [-0.15, -0.1) is 0 Å². The molecule has 0 heteroatoms. The normalized spacial score (nSPS) is 62.7. The van der Waals surface area contributed by atoms with Gasteiger partial charge in [-0.3, -0.25) is 0 Å². The molecule has 0 amide bonds. The van der Waals surface area contributed by atoms with Crippen molar-refractivity contribution in [1.29, 1.82) is 0 Å². The van der Waals surface area contributed by atoms with Crippen LogP contribution >= 0.6 is 0 Å². The zero-order chi connectivity index (χ0) is 18.8. The Kier molecular flexibility index (Phi) is 3.43. The van der Waals surface area contributed by atoms with Gasteiger partial charge in [0, 0.05) is 0 Å². The van der Waals surface area contributed by atoms with Crippen LogP contribution in [0.2, 0.25) is 0 Å². The molecule has 0 saturated heterocycles. The Bertz CT molecular complexity index is 582. The lowest BCUT2D eigenvalue weighted by Crippen LogP contribution is -2.62. The molecule has 0 radical (unpaired) electrons. The van der Waals surface area contributed by atoms with Gasteiger partial charge >= 0.3 is 0 Å². The van der Waals surface area contributed by atoms with Crippen LogP contribution in [0.15, 0.2) is 0 Å². The lowest BCUT2D eigenvalue weighted by atomic mass is 9.34. The van der Waals surface area contributed by atoms with Crippen LogP contribution in [0.3, 0.4) is 0 Å². The molecule has 10 bridgehead atoms. The van der Waals surface area contributed by atoms with Crippen LogP contribution < -0.4 is 0 Å². The summed E-state index contributed by atoms with van der Waals surface area (Å²) in [7, 11) is 0. The molecule has 2 atom stereocenters. The lowest BCUT2D eigenvalue weighted by molar-refractivity contribution is -0.214. The first kappa shape index (κ1) is 17.5. The van der Waals surface area contributed by atoms with Crippen LogP contribution in [0, 0.1) is 63.6 Å². The number of hydrogen-bond acceptors (Lipinski definition) is 0. The molecule has 0 aromatic carbocycles. The van der Waals surface area contributed by atoms with Crippen LogP contribution in [0.1, 0.15) is 116 Å². The van der Waals surface area contributed by atoms with Gasteiger partial charge in [0.05, 0.1) is 0 Å².